The Balaban J connectivity index is 1.88. The van der Waals surface area contributed by atoms with E-state index in [0.717, 1.165) is 6.07 Å². The number of ether oxygens (including phenoxy) is 1. The Kier molecular flexibility index (Phi) is 4.76. The lowest BCUT2D eigenvalue weighted by atomic mass is 9.97. The molecule has 6 nitrogen and oxygen atoms in total. The van der Waals surface area contributed by atoms with E-state index >= 15 is 0 Å². The summed E-state index contributed by atoms with van der Waals surface area (Å²) in [5.74, 6) is -0.712. The third-order valence-corrected chi connectivity index (χ3v) is 4.08. The minimum atomic E-state index is -1.14. The highest BCUT2D eigenvalue weighted by Crippen LogP contribution is 2.35. The molecule has 1 heterocycles. The predicted molar refractivity (Wildman–Crippen MR) is 89.8 cm³/mol. The molecule has 25 heavy (non-hydrogen) atoms. The van der Waals surface area contributed by atoms with Crippen LogP contribution in [0.1, 0.15) is 28.4 Å². The SMILES string of the molecule is O=C(O)NC1CCOc2c(C(=O)Nc3ccc(F)c(Cl)c3)cccc21. The zero-order valence-electron chi connectivity index (χ0n) is 12.9. The summed E-state index contributed by atoms with van der Waals surface area (Å²) < 4.78 is 18.8. The van der Waals surface area contributed by atoms with E-state index in [-0.39, 0.29) is 17.2 Å². The first-order valence-corrected chi connectivity index (χ1v) is 7.85. The number of carbonyl (C=O) groups is 2. The van der Waals surface area contributed by atoms with Crippen LogP contribution >= 0.6 is 11.6 Å². The molecule has 130 valence electrons. The molecule has 0 saturated carbocycles. The number of amides is 2. The number of hydrogen-bond donors (Lipinski definition) is 3. The van der Waals surface area contributed by atoms with Gasteiger partial charge in [0.25, 0.3) is 5.91 Å². The molecule has 0 fully saturated rings. The maximum Gasteiger partial charge on any atom is 0.405 e. The maximum atomic E-state index is 13.2. The van der Waals surface area contributed by atoms with Crippen LogP contribution in [0.15, 0.2) is 36.4 Å². The van der Waals surface area contributed by atoms with Gasteiger partial charge in [0.1, 0.15) is 11.6 Å². The molecule has 1 aliphatic heterocycles. The molecule has 1 aliphatic rings. The highest BCUT2D eigenvalue weighted by molar-refractivity contribution is 6.31. The first-order valence-electron chi connectivity index (χ1n) is 7.47. The lowest BCUT2D eigenvalue weighted by molar-refractivity contribution is 0.102. The summed E-state index contributed by atoms with van der Waals surface area (Å²) >= 11 is 5.71. The number of benzene rings is 2. The van der Waals surface area contributed by atoms with Crippen LogP contribution in [0.4, 0.5) is 14.9 Å². The number of rotatable bonds is 3. The molecule has 0 saturated heterocycles. The van der Waals surface area contributed by atoms with Gasteiger partial charge in [0.2, 0.25) is 0 Å². The van der Waals surface area contributed by atoms with Crippen molar-refractivity contribution in [3.05, 3.63) is 58.4 Å². The first-order chi connectivity index (χ1) is 12.0. The monoisotopic (exact) mass is 364 g/mol. The number of fused-ring (bicyclic) bond motifs is 1. The lowest BCUT2D eigenvalue weighted by Gasteiger charge is -2.27. The Morgan fingerprint density at radius 2 is 2.08 bits per heavy atom. The molecule has 8 heteroatoms. The van der Waals surface area contributed by atoms with Gasteiger partial charge in [0, 0.05) is 17.7 Å². The van der Waals surface area contributed by atoms with Crippen LogP contribution in [-0.2, 0) is 0 Å². The van der Waals surface area contributed by atoms with Gasteiger partial charge in [0.05, 0.1) is 23.2 Å². The molecule has 2 aromatic carbocycles. The number of carbonyl (C=O) groups excluding carboxylic acids is 1. The molecule has 0 radical (unpaired) electrons. The second-order valence-corrected chi connectivity index (χ2v) is 5.85. The van der Waals surface area contributed by atoms with Gasteiger partial charge in [-0.1, -0.05) is 23.7 Å². The van der Waals surface area contributed by atoms with E-state index in [1.165, 1.54) is 12.1 Å². The highest BCUT2D eigenvalue weighted by atomic mass is 35.5. The summed E-state index contributed by atoms with van der Waals surface area (Å²) in [7, 11) is 0. The second-order valence-electron chi connectivity index (χ2n) is 5.45. The van der Waals surface area contributed by atoms with Gasteiger partial charge in [-0.3, -0.25) is 4.79 Å². The number of carboxylic acid groups (broad SMARTS) is 1. The zero-order chi connectivity index (χ0) is 18.0. The molecule has 1 unspecified atom stereocenters. The third-order valence-electron chi connectivity index (χ3n) is 3.79. The van der Waals surface area contributed by atoms with Crippen LogP contribution < -0.4 is 15.4 Å². The summed E-state index contributed by atoms with van der Waals surface area (Å²) in [6.07, 6.45) is -0.675. The lowest BCUT2D eigenvalue weighted by Crippen LogP contribution is -2.31. The number of halogens is 2. The average Bonchev–Trinajstić information content (AvgIpc) is 2.57. The van der Waals surface area contributed by atoms with Gasteiger partial charge >= 0.3 is 6.09 Å². The molecule has 1 atom stereocenters. The van der Waals surface area contributed by atoms with Crippen LogP contribution in [0.25, 0.3) is 0 Å². The summed E-state index contributed by atoms with van der Waals surface area (Å²) in [4.78, 5) is 23.5. The Hall–Kier alpha value is -2.80. The second kappa shape index (κ2) is 6.98. The molecular formula is C17H14ClFN2O4. The Bertz CT molecular complexity index is 843. The van der Waals surface area contributed by atoms with Gasteiger partial charge in [-0.05, 0) is 24.3 Å². The van der Waals surface area contributed by atoms with Crippen LogP contribution in [0.2, 0.25) is 5.02 Å². The van der Waals surface area contributed by atoms with Crippen LogP contribution in [-0.4, -0.2) is 23.7 Å². The first kappa shape index (κ1) is 17.0. The van der Waals surface area contributed by atoms with Gasteiger partial charge in [0.15, 0.2) is 0 Å². The fourth-order valence-corrected chi connectivity index (χ4v) is 2.86. The summed E-state index contributed by atoms with van der Waals surface area (Å²) in [6.45, 7) is 0.282. The fourth-order valence-electron chi connectivity index (χ4n) is 2.67. The molecule has 0 bridgehead atoms. The molecule has 0 spiro atoms. The van der Waals surface area contributed by atoms with E-state index in [0.29, 0.717) is 23.4 Å². The van der Waals surface area contributed by atoms with E-state index in [4.69, 9.17) is 21.4 Å². The van der Waals surface area contributed by atoms with Crippen molar-refractivity contribution in [3.63, 3.8) is 0 Å². The zero-order valence-corrected chi connectivity index (χ0v) is 13.6. The van der Waals surface area contributed by atoms with Crippen molar-refractivity contribution in [3.8, 4) is 5.75 Å². The predicted octanol–water partition coefficient (Wildman–Crippen LogP) is 3.82. The van der Waals surface area contributed by atoms with E-state index in [2.05, 4.69) is 10.6 Å². The van der Waals surface area contributed by atoms with Gasteiger partial charge in [-0.25, -0.2) is 9.18 Å². The third kappa shape index (κ3) is 3.66. The van der Waals surface area contributed by atoms with Crippen molar-refractivity contribution in [2.75, 3.05) is 11.9 Å². The Labute approximate surface area is 147 Å². The molecule has 2 amide bonds. The van der Waals surface area contributed by atoms with E-state index in [1.807, 2.05) is 0 Å². The summed E-state index contributed by atoms with van der Waals surface area (Å²) in [5, 5.41) is 13.9. The normalized spacial score (nSPS) is 15.7. The largest absolute Gasteiger partial charge is 0.492 e. The molecule has 3 rings (SSSR count). The maximum absolute atomic E-state index is 13.2. The highest BCUT2D eigenvalue weighted by Gasteiger charge is 2.27. The van der Waals surface area contributed by atoms with Crippen LogP contribution in [0.5, 0.6) is 5.75 Å². The minimum absolute atomic E-state index is 0.102. The number of anilines is 1. The van der Waals surface area contributed by atoms with Crippen molar-refractivity contribution >= 4 is 29.3 Å². The molecule has 0 aromatic heterocycles. The fraction of sp³-hybridized carbons (Fsp3) is 0.176. The van der Waals surface area contributed by atoms with Crippen molar-refractivity contribution < 1.29 is 23.8 Å². The molecule has 3 N–H and O–H groups in total. The van der Waals surface area contributed by atoms with Crippen molar-refractivity contribution in [1.82, 2.24) is 5.32 Å². The van der Waals surface area contributed by atoms with Crippen LogP contribution in [0, 0.1) is 5.82 Å². The van der Waals surface area contributed by atoms with Crippen molar-refractivity contribution in [2.45, 2.75) is 12.5 Å². The number of nitrogens with one attached hydrogen (secondary N) is 2. The van der Waals surface area contributed by atoms with E-state index in [1.54, 1.807) is 18.2 Å². The standard InChI is InChI=1S/C17H14ClFN2O4/c18-12-8-9(4-5-13(12)19)20-16(22)11-3-1-2-10-14(21-17(23)24)6-7-25-15(10)11/h1-5,8,14,21H,6-7H2,(H,20,22)(H,23,24). The van der Waals surface area contributed by atoms with Crippen molar-refractivity contribution in [2.24, 2.45) is 0 Å². The molecular weight excluding hydrogens is 351 g/mol. The van der Waals surface area contributed by atoms with Crippen LogP contribution in [0.3, 0.4) is 0 Å². The smallest absolute Gasteiger partial charge is 0.405 e. The summed E-state index contributed by atoms with van der Waals surface area (Å²) in [6, 6.07) is 8.33. The summed E-state index contributed by atoms with van der Waals surface area (Å²) in [5.41, 5.74) is 1.19. The Morgan fingerprint density at radius 1 is 1.28 bits per heavy atom. The van der Waals surface area contributed by atoms with Crippen molar-refractivity contribution in [1.29, 1.82) is 0 Å². The van der Waals surface area contributed by atoms with E-state index in [9.17, 15) is 14.0 Å². The molecule has 2 aromatic rings. The van der Waals surface area contributed by atoms with Gasteiger partial charge < -0.3 is 20.5 Å². The van der Waals surface area contributed by atoms with Gasteiger partial charge in [-0.2, -0.15) is 0 Å². The quantitative estimate of drug-likeness (QED) is 0.772. The van der Waals surface area contributed by atoms with Gasteiger partial charge in [-0.15, -0.1) is 0 Å². The topological polar surface area (TPSA) is 87.7 Å². The van der Waals surface area contributed by atoms with E-state index < -0.39 is 23.9 Å². The molecule has 0 aliphatic carbocycles. The Morgan fingerprint density at radius 3 is 2.80 bits per heavy atom. The number of hydrogen-bond acceptors (Lipinski definition) is 3. The minimum Gasteiger partial charge on any atom is -0.492 e. The number of para-hydroxylation sites is 1. The average molecular weight is 365 g/mol.